The molecule has 0 aliphatic carbocycles. The summed E-state index contributed by atoms with van der Waals surface area (Å²) in [6.07, 6.45) is 3.31. The fraction of sp³-hybridized carbons (Fsp3) is 0.481. The number of anilines is 1. The Bertz CT molecular complexity index is 995. The Morgan fingerprint density at radius 1 is 1.05 bits per heavy atom. The number of hydrogen-bond acceptors (Lipinski definition) is 7. The van der Waals surface area contributed by atoms with E-state index >= 15 is 0 Å². The summed E-state index contributed by atoms with van der Waals surface area (Å²) >= 11 is 6.13. The van der Waals surface area contributed by atoms with Crippen molar-refractivity contribution in [1.29, 1.82) is 0 Å². The van der Waals surface area contributed by atoms with Crippen LogP contribution in [0, 0.1) is 23.4 Å². The molecule has 0 spiro atoms. The fourth-order valence-electron chi connectivity index (χ4n) is 2.48. The zero-order valence-corrected chi connectivity index (χ0v) is 24.9. The van der Waals surface area contributed by atoms with E-state index in [1.807, 2.05) is 0 Å². The van der Waals surface area contributed by atoms with Crippen LogP contribution in [0.5, 0.6) is 0 Å². The van der Waals surface area contributed by atoms with Crippen LogP contribution in [-0.2, 0) is 4.79 Å². The molecule has 0 saturated heterocycles. The van der Waals surface area contributed by atoms with Gasteiger partial charge in [-0.1, -0.05) is 51.6 Å². The van der Waals surface area contributed by atoms with Crippen molar-refractivity contribution in [2.24, 2.45) is 5.92 Å². The van der Waals surface area contributed by atoms with Crippen molar-refractivity contribution >= 4 is 41.1 Å². The maximum absolute atomic E-state index is 13.0. The van der Waals surface area contributed by atoms with Crippen LogP contribution in [0.2, 0.25) is 5.02 Å². The van der Waals surface area contributed by atoms with Gasteiger partial charge in [0.25, 0.3) is 5.91 Å². The lowest BCUT2D eigenvalue weighted by Gasteiger charge is -2.08. The highest BCUT2D eigenvalue weighted by molar-refractivity contribution is 7.93. The quantitative estimate of drug-likeness (QED) is 0.153. The van der Waals surface area contributed by atoms with E-state index < -0.39 is 29.5 Å². The molecule has 2 aromatic rings. The molecule has 6 N–H and O–H groups in total. The Hall–Kier alpha value is -2.35. The van der Waals surface area contributed by atoms with Crippen molar-refractivity contribution in [2.45, 2.75) is 64.9 Å². The molecule has 0 aliphatic heterocycles. The molecule has 0 aliphatic rings. The monoisotopic (exact) mass is 612 g/mol. The van der Waals surface area contributed by atoms with Crippen LogP contribution in [0.4, 0.5) is 18.9 Å². The molecule has 2 rings (SSSR count). The van der Waals surface area contributed by atoms with Gasteiger partial charge in [-0.05, 0) is 31.0 Å². The van der Waals surface area contributed by atoms with E-state index in [-0.39, 0.29) is 46.8 Å². The first kappa shape index (κ1) is 39.8. The first-order valence-corrected chi connectivity index (χ1v) is 13.6. The van der Waals surface area contributed by atoms with Gasteiger partial charge in [0, 0.05) is 55.5 Å². The number of benzene rings is 2. The van der Waals surface area contributed by atoms with E-state index in [2.05, 4.69) is 31.4 Å². The second-order valence-corrected chi connectivity index (χ2v) is 9.60. The van der Waals surface area contributed by atoms with E-state index in [1.165, 1.54) is 44.4 Å². The van der Waals surface area contributed by atoms with Crippen LogP contribution >= 0.6 is 23.6 Å². The Balaban J connectivity index is 0. The SMILES string of the molecule is CC(=O)NCC(O)CO.CCCCC(C)C.CCO.O=C(Nc1cc(F)c(F)c(F)c1)c1ccc(Cl)c(SO)c1. The number of aliphatic hydroxyl groups excluding tert-OH is 3. The lowest BCUT2D eigenvalue weighted by molar-refractivity contribution is -0.119. The second kappa shape index (κ2) is 23.4. The molecule has 0 fully saturated rings. The molecule has 2 aromatic carbocycles. The molecule has 2 amide bonds. The van der Waals surface area contributed by atoms with E-state index in [0.29, 0.717) is 24.2 Å². The Kier molecular flexibility index (Phi) is 23.2. The van der Waals surface area contributed by atoms with Gasteiger partial charge in [-0.25, -0.2) is 13.2 Å². The van der Waals surface area contributed by atoms with Gasteiger partial charge in [0.15, 0.2) is 17.5 Å². The van der Waals surface area contributed by atoms with Crippen molar-refractivity contribution < 1.29 is 42.6 Å². The van der Waals surface area contributed by atoms with Crippen molar-refractivity contribution in [3.63, 3.8) is 0 Å². The fourth-order valence-corrected chi connectivity index (χ4v) is 3.04. The summed E-state index contributed by atoms with van der Waals surface area (Å²) in [5, 5.41) is 29.3. The second-order valence-electron chi connectivity index (χ2n) is 8.57. The van der Waals surface area contributed by atoms with Crippen LogP contribution in [0.3, 0.4) is 0 Å². The normalized spacial score (nSPS) is 10.7. The largest absolute Gasteiger partial charge is 0.397 e. The number of hydrogen-bond donors (Lipinski definition) is 6. The maximum atomic E-state index is 13.0. The summed E-state index contributed by atoms with van der Waals surface area (Å²) in [6.45, 7) is 9.86. The van der Waals surface area contributed by atoms with E-state index in [9.17, 15) is 22.8 Å². The standard InChI is InChI=1S/C13H7ClF3NO2S.C7H16.C5H11NO3.C2H6O/c14-8-2-1-6(3-11(8)21-20)13(19)18-7-4-9(15)12(17)10(16)5-7;1-4-5-6-7(2)3;1-4(8)6-2-5(9)3-7;1-2-3/h1-5,20H,(H,18,19);7H,4-6H2,1-3H3;5,7,9H,2-3H2,1H3,(H,6,8);3H,2H2,1H3. The van der Waals surface area contributed by atoms with Gasteiger partial charge >= 0.3 is 0 Å². The maximum Gasteiger partial charge on any atom is 0.255 e. The van der Waals surface area contributed by atoms with Gasteiger partial charge in [-0.3, -0.25) is 9.59 Å². The Morgan fingerprint density at radius 2 is 1.60 bits per heavy atom. The molecule has 228 valence electrons. The lowest BCUT2D eigenvalue weighted by atomic mass is 10.1. The molecule has 40 heavy (non-hydrogen) atoms. The van der Waals surface area contributed by atoms with Crippen LogP contribution in [-0.4, -0.2) is 57.5 Å². The summed E-state index contributed by atoms with van der Waals surface area (Å²) in [4.78, 5) is 22.3. The van der Waals surface area contributed by atoms with Gasteiger partial charge < -0.3 is 30.5 Å². The third-order valence-electron chi connectivity index (χ3n) is 4.47. The average Bonchev–Trinajstić information content (AvgIpc) is 2.90. The predicted molar refractivity (Wildman–Crippen MR) is 153 cm³/mol. The van der Waals surface area contributed by atoms with Crippen molar-refractivity contribution in [3.05, 3.63) is 58.4 Å². The minimum absolute atomic E-state index is 0.112. The zero-order valence-electron chi connectivity index (χ0n) is 23.3. The molecule has 0 aromatic heterocycles. The van der Waals surface area contributed by atoms with Crippen LogP contribution in [0.15, 0.2) is 35.2 Å². The molecule has 0 bridgehead atoms. The summed E-state index contributed by atoms with van der Waals surface area (Å²) < 4.78 is 47.9. The van der Waals surface area contributed by atoms with E-state index in [0.717, 1.165) is 5.92 Å². The number of amides is 2. The number of aliphatic hydroxyl groups is 3. The summed E-state index contributed by atoms with van der Waals surface area (Å²) in [7, 11) is 0. The number of unbranched alkanes of at least 4 members (excludes halogenated alkanes) is 1. The van der Waals surface area contributed by atoms with Crippen LogP contribution in [0.25, 0.3) is 0 Å². The number of carbonyl (C=O) groups is 2. The first-order valence-electron chi connectivity index (χ1n) is 12.5. The zero-order chi connectivity index (χ0) is 31.3. The minimum Gasteiger partial charge on any atom is -0.397 e. The molecular formula is C27H40ClF3N2O6S. The number of carbonyl (C=O) groups excluding carboxylic acids is 2. The van der Waals surface area contributed by atoms with E-state index in [4.69, 9.17) is 31.5 Å². The van der Waals surface area contributed by atoms with Crippen LogP contribution < -0.4 is 10.6 Å². The molecule has 1 atom stereocenters. The van der Waals surface area contributed by atoms with E-state index in [1.54, 1.807) is 6.92 Å². The summed E-state index contributed by atoms with van der Waals surface area (Å²) in [5.74, 6) is -4.42. The van der Waals surface area contributed by atoms with Gasteiger partial charge in [0.05, 0.1) is 22.6 Å². The Morgan fingerprint density at radius 3 is 2.00 bits per heavy atom. The van der Waals surface area contributed by atoms with Gasteiger partial charge in [0.1, 0.15) is 0 Å². The summed E-state index contributed by atoms with van der Waals surface area (Å²) in [5.41, 5.74) is -0.120. The molecule has 13 heteroatoms. The number of halogens is 4. The van der Waals surface area contributed by atoms with Gasteiger partial charge in [-0.2, -0.15) is 0 Å². The topological polar surface area (TPSA) is 139 Å². The van der Waals surface area contributed by atoms with Gasteiger partial charge in [0.2, 0.25) is 5.91 Å². The highest BCUT2D eigenvalue weighted by Crippen LogP contribution is 2.26. The predicted octanol–water partition coefficient (Wildman–Crippen LogP) is 5.88. The minimum atomic E-state index is -1.61. The molecule has 0 saturated carbocycles. The Labute approximate surface area is 243 Å². The van der Waals surface area contributed by atoms with Crippen molar-refractivity contribution in [3.8, 4) is 0 Å². The first-order chi connectivity index (χ1) is 18.8. The number of rotatable bonds is 9. The molecule has 0 radical (unpaired) electrons. The third-order valence-corrected chi connectivity index (χ3v) is 5.44. The molecule has 0 heterocycles. The highest BCUT2D eigenvalue weighted by Gasteiger charge is 2.14. The van der Waals surface area contributed by atoms with Gasteiger partial charge in [-0.15, -0.1) is 0 Å². The highest BCUT2D eigenvalue weighted by atomic mass is 35.5. The van der Waals surface area contributed by atoms with Crippen LogP contribution in [0.1, 0.15) is 64.2 Å². The lowest BCUT2D eigenvalue weighted by Crippen LogP contribution is -2.32. The summed E-state index contributed by atoms with van der Waals surface area (Å²) in [6, 6.07) is 5.38. The molecule has 8 nitrogen and oxygen atoms in total. The van der Waals surface area contributed by atoms with Crippen molar-refractivity contribution in [2.75, 3.05) is 25.1 Å². The number of nitrogens with one attached hydrogen (secondary N) is 2. The molecular weight excluding hydrogens is 573 g/mol. The smallest absolute Gasteiger partial charge is 0.255 e. The van der Waals surface area contributed by atoms with Crippen molar-refractivity contribution in [1.82, 2.24) is 5.32 Å². The molecule has 1 unspecified atom stereocenters. The third kappa shape index (κ3) is 18.9. The average molecular weight is 613 g/mol.